The summed E-state index contributed by atoms with van der Waals surface area (Å²) in [6, 6.07) is 10.7. The average Bonchev–Trinajstić information content (AvgIpc) is 3.89. The SMILES string of the molecule is C[C@H]1CCC(=O)CCCNCCCC[C@@H](C(N)O)NC(=O)[C@H](Cc2c[nH]c3ccccc23)NC(=O)C(CCCNC(=N)N)NC(=O)[C@@H](Cc2ccccc2)NC(=O)[C@@H]2C[C@@H](O)CN2C1=O. The van der Waals surface area contributed by atoms with E-state index >= 15 is 0 Å². The number of amides is 5. The van der Waals surface area contributed by atoms with Crippen molar-refractivity contribution in [1.29, 1.82) is 5.41 Å². The number of nitrogens with zero attached hydrogens (tertiary/aromatic N) is 1. The number of aromatic nitrogens is 1. The first-order valence-electron chi connectivity index (χ1n) is 22.7. The highest BCUT2D eigenvalue weighted by Crippen LogP contribution is 2.24. The van der Waals surface area contributed by atoms with Crippen LogP contribution in [-0.4, -0.2) is 130 Å². The molecule has 2 fully saturated rings. The molecular formula is C46H67N11O8. The summed E-state index contributed by atoms with van der Waals surface area (Å²) in [4.78, 5) is 88.4. The summed E-state index contributed by atoms with van der Waals surface area (Å²) in [5, 5.41) is 47.0. The van der Waals surface area contributed by atoms with Crippen LogP contribution in [0.2, 0.25) is 0 Å². The van der Waals surface area contributed by atoms with Crippen molar-refractivity contribution in [3.05, 3.63) is 71.9 Å². The van der Waals surface area contributed by atoms with Crippen LogP contribution in [0.25, 0.3) is 10.9 Å². The zero-order valence-corrected chi connectivity index (χ0v) is 37.2. The summed E-state index contributed by atoms with van der Waals surface area (Å²) in [7, 11) is 0. The summed E-state index contributed by atoms with van der Waals surface area (Å²) >= 11 is 0. The molecule has 2 unspecified atom stereocenters. The molecule has 1 aromatic heterocycles. The zero-order chi connectivity index (χ0) is 46.9. The monoisotopic (exact) mass is 902 g/mol. The van der Waals surface area contributed by atoms with Gasteiger partial charge in [-0.2, -0.15) is 0 Å². The van der Waals surface area contributed by atoms with E-state index < -0.39 is 72.1 Å². The van der Waals surface area contributed by atoms with Gasteiger partial charge < -0.3 is 63.5 Å². The number of Topliss-reactive ketones (excluding diaryl/α,β-unsaturated/α-hetero) is 1. The number of nitrogens with one attached hydrogen (secondary N) is 8. The van der Waals surface area contributed by atoms with Crippen molar-refractivity contribution >= 4 is 52.2 Å². The standard InChI is InChI=1S/C46H67N11O8/c1-28-18-19-31(58)13-9-21-50-20-8-7-16-35(40(47)60)53-43(63)38(24-30-26-52-34-15-6-5-14-33(30)34)55-41(61)36(17-10-22-51-46(48)49)54-42(62)37(23-29-11-3-2-4-12-29)56-44(64)39-25-32(59)27-57(39)45(28)65/h2-6,11-12,14-15,26,28,32,35-40,50,52,59-60H,7-10,13,16-25,27,47H2,1H3,(H,53,63)(H,54,62)(H,55,61)(H,56,64)(H4,48,49,51)/t28-,32+,35-,36?,37+,38-,39-,40?/m0/s1. The van der Waals surface area contributed by atoms with Gasteiger partial charge in [0.2, 0.25) is 29.5 Å². The molecule has 5 rings (SSSR count). The summed E-state index contributed by atoms with van der Waals surface area (Å²) < 4.78 is 0. The second-order valence-electron chi connectivity index (χ2n) is 17.2. The fourth-order valence-electron chi connectivity index (χ4n) is 8.38. The number of aliphatic hydroxyl groups is 2. The molecule has 3 aromatic rings. The molecule has 0 spiro atoms. The van der Waals surface area contributed by atoms with Crippen LogP contribution in [0.4, 0.5) is 0 Å². The van der Waals surface area contributed by atoms with Gasteiger partial charge in [-0.25, -0.2) is 0 Å². The number of benzene rings is 2. The van der Waals surface area contributed by atoms with E-state index in [-0.39, 0.29) is 75.7 Å². The number of guanidine groups is 1. The maximum Gasteiger partial charge on any atom is 0.243 e. The van der Waals surface area contributed by atoms with Gasteiger partial charge in [0.05, 0.1) is 12.1 Å². The van der Waals surface area contributed by atoms with Gasteiger partial charge in [-0.3, -0.25) is 34.2 Å². The molecular weight excluding hydrogens is 835 g/mol. The van der Waals surface area contributed by atoms with Gasteiger partial charge in [-0.15, -0.1) is 0 Å². The minimum Gasteiger partial charge on any atom is -0.391 e. The zero-order valence-electron chi connectivity index (χ0n) is 37.2. The normalized spacial score (nSPS) is 26.0. The molecule has 0 bridgehead atoms. The highest BCUT2D eigenvalue weighted by Gasteiger charge is 2.42. The Bertz CT molecular complexity index is 2080. The molecule has 2 aliphatic heterocycles. The second-order valence-corrected chi connectivity index (χ2v) is 17.2. The van der Waals surface area contributed by atoms with Gasteiger partial charge in [-0.05, 0) is 75.2 Å². The van der Waals surface area contributed by atoms with Crippen LogP contribution < -0.4 is 43.4 Å². The number of ketones is 1. The Labute approximate surface area is 379 Å². The van der Waals surface area contributed by atoms with E-state index in [0.29, 0.717) is 50.8 Å². The van der Waals surface area contributed by atoms with Crippen LogP contribution >= 0.6 is 0 Å². The highest BCUT2D eigenvalue weighted by molar-refractivity contribution is 5.96. The molecule has 354 valence electrons. The third-order valence-electron chi connectivity index (χ3n) is 12.1. The van der Waals surface area contributed by atoms with Crippen LogP contribution in [0, 0.1) is 11.3 Å². The van der Waals surface area contributed by atoms with Crippen molar-refractivity contribution in [1.82, 2.24) is 41.8 Å². The number of carbonyl (C=O) groups is 6. The molecule has 8 atom stereocenters. The molecule has 3 heterocycles. The smallest absolute Gasteiger partial charge is 0.243 e. The Morgan fingerprint density at radius 3 is 2.25 bits per heavy atom. The number of aliphatic hydroxyl groups excluding tert-OH is 2. The van der Waals surface area contributed by atoms with Gasteiger partial charge >= 0.3 is 0 Å². The molecule has 19 nitrogen and oxygen atoms in total. The van der Waals surface area contributed by atoms with Crippen molar-refractivity contribution in [2.45, 2.75) is 127 Å². The minimum atomic E-state index is -1.41. The number of fused-ring (bicyclic) bond motifs is 2. The maximum atomic E-state index is 14.5. The van der Waals surface area contributed by atoms with E-state index in [0.717, 1.165) is 16.5 Å². The Balaban J connectivity index is 1.46. The lowest BCUT2D eigenvalue weighted by Gasteiger charge is -2.29. The van der Waals surface area contributed by atoms with E-state index in [4.69, 9.17) is 16.9 Å². The van der Waals surface area contributed by atoms with E-state index in [1.54, 1.807) is 43.5 Å². The average molecular weight is 902 g/mol. The number of para-hydroxylation sites is 1. The number of H-pyrrole nitrogens is 1. The first kappa shape index (κ1) is 50.1. The van der Waals surface area contributed by atoms with Crippen LogP contribution in [0.5, 0.6) is 0 Å². The molecule has 2 aliphatic rings. The molecule has 5 amide bonds. The summed E-state index contributed by atoms with van der Waals surface area (Å²) in [6.45, 7) is 3.00. The fraction of sp³-hybridized carbons (Fsp3) is 0.543. The lowest BCUT2D eigenvalue weighted by molar-refractivity contribution is -0.142. The maximum absolute atomic E-state index is 14.5. The highest BCUT2D eigenvalue weighted by atomic mass is 16.3. The van der Waals surface area contributed by atoms with Crippen molar-refractivity contribution < 1.29 is 39.0 Å². The van der Waals surface area contributed by atoms with Gasteiger partial charge in [0.1, 0.15) is 36.2 Å². The van der Waals surface area contributed by atoms with Crippen molar-refractivity contribution in [2.75, 3.05) is 26.2 Å². The second kappa shape index (κ2) is 25.0. The van der Waals surface area contributed by atoms with Crippen molar-refractivity contribution in [3.8, 4) is 0 Å². The Morgan fingerprint density at radius 1 is 0.831 bits per heavy atom. The summed E-state index contributed by atoms with van der Waals surface area (Å²) in [5.41, 5.74) is 13.7. The van der Waals surface area contributed by atoms with E-state index in [1.807, 2.05) is 24.3 Å². The van der Waals surface area contributed by atoms with E-state index in [1.165, 1.54) is 4.90 Å². The van der Waals surface area contributed by atoms with Crippen LogP contribution in [0.3, 0.4) is 0 Å². The molecule has 65 heavy (non-hydrogen) atoms. The predicted octanol–water partition coefficient (Wildman–Crippen LogP) is -0.0664. The molecule has 2 aromatic carbocycles. The Hall–Kier alpha value is -5.89. The first-order chi connectivity index (χ1) is 31.2. The van der Waals surface area contributed by atoms with Gasteiger partial charge in [0.25, 0.3) is 0 Å². The quantitative estimate of drug-likeness (QED) is 0.0582. The lowest BCUT2D eigenvalue weighted by Crippen LogP contribution is -2.60. The molecule has 0 radical (unpaired) electrons. The molecule has 19 heteroatoms. The van der Waals surface area contributed by atoms with Crippen LogP contribution in [-0.2, 0) is 41.6 Å². The lowest BCUT2D eigenvalue weighted by atomic mass is 9.99. The van der Waals surface area contributed by atoms with Crippen molar-refractivity contribution in [2.24, 2.45) is 17.4 Å². The van der Waals surface area contributed by atoms with Crippen molar-refractivity contribution in [3.63, 3.8) is 0 Å². The number of hydrogen-bond acceptors (Lipinski definition) is 11. The van der Waals surface area contributed by atoms with E-state index in [2.05, 4.69) is 36.9 Å². The number of nitrogens with two attached hydrogens (primary N) is 2. The fourth-order valence-corrected chi connectivity index (χ4v) is 8.38. The Morgan fingerprint density at radius 2 is 1.49 bits per heavy atom. The minimum absolute atomic E-state index is 0.00426. The molecule has 2 saturated heterocycles. The third-order valence-corrected chi connectivity index (χ3v) is 12.1. The van der Waals surface area contributed by atoms with Gasteiger partial charge in [-0.1, -0.05) is 55.5 Å². The topological polar surface area (TPSA) is 310 Å². The van der Waals surface area contributed by atoms with E-state index in [9.17, 15) is 39.0 Å². The predicted molar refractivity (Wildman–Crippen MR) is 245 cm³/mol. The number of hydrogen-bond donors (Lipinski definition) is 12. The summed E-state index contributed by atoms with van der Waals surface area (Å²) in [5.74, 6) is -3.98. The van der Waals surface area contributed by atoms with Gasteiger partial charge in [0, 0.05) is 68.2 Å². The third kappa shape index (κ3) is 15.4. The van der Waals surface area contributed by atoms with Gasteiger partial charge in [0.15, 0.2) is 5.96 Å². The largest absolute Gasteiger partial charge is 0.391 e. The number of carbonyl (C=O) groups excluding carboxylic acids is 6. The molecule has 0 aliphatic carbocycles. The number of rotatable bonds is 9. The Kier molecular flexibility index (Phi) is 19.3. The molecule has 14 N–H and O–H groups in total. The number of aromatic amines is 1. The summed E-state index contributed by atoms with van der Waals surface area (Å²) in [6.07, 6.45) is 2.59. The van der Waals surface area contributed by atoms with Crippen LogP contribution in [0.1, 0.15) is 82.3 Å². The van der Waals surface area contributed by atoms with Crippen LogP contribution in [0.15, 0.2) is 60.8 Å². The first-order valence-corrected chi connectivity index (χ1v) is 22.7. The molecule has 0 saturated carbocycles.